The van der Waals surface area contributed by atoms with E-state index in [0.29, 0.717) is 16.7 Å². The molecule has 1 aliphatic heterocycles. The van der Waals surface area contributed by atoms with Gasteiger partial charge in [0.25, 0.3) is 11.8 Å². The minimum absolute atomic E-state index is 0.0172. The van der Waals surface area contributed by atoms with Gasteiger partial charge in [0.15, 0.2) is 28.9 Å². The fourth-order valence-electron chi connectivity index (χ4n) is 3.74. The number of carbonyl (C=O) groups is 2. The Balaban J connectivity index is 1.32. The van der Waals surface area contributed by atoms with E-state index in [1.54, 1.807) is 12.1 Å². The van der Waals surface area contributed by atoms with Crippen molar-refractivity contribution in [2.45, 2.75) is 18.6 Å². The lowest BCUT2D eigenvalue weighted by Crippen LogP contribution is -2.61. The number of nitrogens with two attached hydrogens (primary N) is 1. The van der Waals surface area contributed by atoms with Crippen LogP contribution in [0.1, 0.15) is 11.0 Å². The van der Waals surface area contributed by atoms with Gasteiger partial charge in [-0.05, 0) is 19.1 Å². The van der Waals surface area contributed by atoms with Crippen molar-refractivity contribution in [3.05, 3.63) is 42.7 Å². The van der Waals surface area contributed by atoms with Crippen molar-refractivity contribution < 1.29 is 32.8 Å². The summed E-state index contributed by atoms with van der Waals surface area (Å²) in [5, 5.41) is 29.5. The van der Waals surface area contributed by atoms with Gasteiger partial charge >= 0.3 is 0 Å². The van der Waals surface area contributed by atoms with Crippen molar-refractivity contribution in [3.63, 3.8) is 0 Å². The Labute approximate surface area is 207 Å². The van der Waals surface area contributed by atoms with E-state index in [2.05, 4.69) is 25.8 Å². The quantitative estimate of drug-likeness (QED) is 0.337. The molecule has 2 amide bonds. The Bertz CT molecular complexity index is 1550. The second-order valence-corrected chi connectivity index (χ2v) is 8.09. The first-order chi connectivity index (χ1) is 18.4. The van der Waals surface area contributed by atoms with Crippen molar-refractivity contribution >= 4 is 40.1 Å². The lowest BCUT2D eigenvalue weighted by Gasteiger charge is -2.37. The number of nitrogen functional groups attached to an aromatic ring is 1. The van der Waals surface area contributed by atoms with E-state index in [4.69, 9.17) is 23.8 Å². The Kier molecular flexibility index (Phi) is 4.88. The van der Waals surface area contributed by atoms with Gasteiger partial charge in [-0.2, -0.15) is 5.10 Å². The molecule has 0 spiro atoms. The van der Waals surface area contributed by atoms with Crippen molar-refractivity contribution in [3.8, 4) is 11.6 Å². The molecule has 3 aromatic heterocycles. The predicted octanol–water partition coefficient (Wildman–Crippen LogP) is 0.516. The van der Waals surface area contributed by atoms with E-state index in [1.165, 1.54) is 47.1 Å². The Morgan fingerprint density at radius 3 is 3.08 bits per heavy atom. The van der Waals surface area contributed by atoms with Gasteiger partial charge in [0, 0.05) is 30.1 Å². The Morgan fingerprint density at radius 2 is 2.25 bits per heavy atom. The third-order valence-corrected chi connectivity index (χ3v) is 5.66. The van der Waals surface area contributed by atoms with E-state index in [1.807, 2.05) is 0 Å². The number of nitrogens with one attached hydrogen (secondary N) is 1. The first-order valence-corrected chi connectivity index (χ1v) is 10.6. The Hall–Kier alpha value is -4.56. The monoisotopic (exact) mass is 497 g/mol. The average molecular weight is 497 g/mol. The van der Waals surface area contributed by atoms with Gasteiger partial charge in [-0.25, -0.2) is 4.68 Å². The van der Waals surface area contributed by atoms with Crippen molar-refractivity contribution in [2.24, 2.45) is 0 Å². The molecule has 186 valence electrons. The normalized spacial score (nSPS) is 19.3. The highest BCUT2D eigenvalue weighted by atomic mass is 16.5. The van der Waals surface area contributed by atoms with E-state index in [0.717, 1.165) is 0 Å². The highest BCUT2D eigenvalue weighted by Gasteiger charge is 2.49. The molecule has 1 unspecified atom stereocenters. The summed E-state index contributed by atoms with van der Waals surface area (Å²) in [6.07, 6.45) is 1.30. The Morgan fingerprint density at radius 1 is 1.39 bits per heavy atom. The van der Waals surface area contributed by atoms with Crippen LogP contribution >= 0.6 is 0 Å². The van der Waals surface area contributed by atoms with E-state index < -0.39 is 30.6 Å². The van der Waals surface area contributed by atoms with Crippen LogP contribution in [-0.2, 0) is 14.3 Å². The zero-order chi connectivity index (χ0) is 27.9. The number of rotatable bonds is 6. The minimum Gasteiger partial charge on any atom is -0.480 e. The van der Waals surface area contributed by atoms with Gasteiger partial charge in [0.2, 0.25) is 5.88 Å². The van der Waals surface area contributed by atoms with Crippen molar-refractivity contribution in [1.82, 2.24) is 25.1 Å². The summed E-state index contributed by atoms with van der Waals surface area (Å²) in [5.74, 6) is -1.41. The second-order valence-electron chi connectivity index (χ2n) is 8.09. The number of aromatic nitrogens is 5. The van der Waals surface area contributed by atoms with Crippen LogP contribution in [0.3, 0.4) is 0 Å². The molecule has 1 aromatic carbocycles. The van der Waals surface area contributed by atoms with Gasteiger partial charge in [-0.15, -0.1) is 10.2 Å². The van der Waals surface area contributed by atoms with Gasteiger partial charge in [0.05, 0.1) is 41.6 Å². The fraction of sp³-hybridized carbons (Fsp3) is 0.273. The predicted molar refractivity (Wildman–Crippen MR) is 125 cm³/mol. The molecule has 2 atom stereocenters. The van der Waals surface area contributed by atoms with Crippen LogP contribution in [-0.4, -0.2) is 74.0 Å². The summed E-state index contributed by atoms with van der Waals surface area (Å²) in [6, 6.07) is 7.48. The zero-order valence-corrected chi connectivity index (χ0v) is 18.8. The van der Waals surface area contributed by atoms with Gasteiger partial charge in [-0.3, -0.25) is 14.5 Å². The van der Waals surface area contributed by atoms with E-state index in [-0.39, 0.29) is 36.4 Å². The number of fused-ring (bicyclic) bond motifs is 1. The molecule has 1 saturated heterocycles. The van der Waals surface area contributed by atoms with Crippen LogP contribution in [0, 0.1) is 0 Å². The topological polar surface area (TPSA) is 184 Å². The minimum atomic E-state index is -2.71. The second kappa shape index (κ2) is 8.90. The number of methoxy groups -OCH3 is 1. The van der Waals surface area contributed by atoms with Gasteiger partial charge < -0.3 is 30.2 Å². The SMILES string of the molecule is [2H]C([2H])([2H])Oc1cc(-n2ccc(N3CCO[C@H](C(C)(O)C(=O)Nc4ccc5c(N)noc5c4)C3=O)n2)cnn1. The summed E-state index contributed by atoms with van der Waals surface area (Å²) in [5.41, 5.74) is 4.39. The molecule has 4 heterocycles. The molecule has 14 heteroatoms. The van der Waals surface area contributed by atoms with E-state index in [9.17, 15) is 14.7 Å². The number of nitrogens with zero attached hydrogens (tertiary/aromatic N) is 6. The molecule has 0 aliphatic carbocycles. The number of ether oxygens (including phenoxy) is 2. The van der Waals surface area contributed by atoms with Crippen LogP contribution in [0.5, 0.6) is 5.88 Å². The number of aliphatic hydroxyl groups is 1. The van der Waals surface area contributed by atoms with Gasteiger partial charge in [-0.1, -0.05) is 5.16 Å². The molecule has 0 bridgehead atoms. The van der Waals surface area contributed by atoms with Gasteiger partial charge in [0.1, 0.15) is 0 Å². The van der Waals surface area contributed by atoms with Crippen LogP contribution in [0.25, 0.3) is 16.7 Å². The molecule has 0 radical (unpaired) electrons. The molecule has 4 N–H and O–H groups in total. The molecular weight excluding hydrogens is 472 g/mol. The third kappa shape index (κ3) is 4.08. The molecule has 4 aromatic rings. The summed E-state index contributed by atoms with van der Waals surface area (Å²) in [7, 11) is -2.71. The number of carbonyl (C=O) groups excluding carboxylic acids is 2. The number of amides is 2. The summed E-state index contributed by atoms with van der Waals surface area (Å²) in [4.78, 5) is 27.6. The zero-order valence-electron chi connectivity index (χ0n) is 21.8. The summed E-state index contributed by atoms with van der Waals surface area (Å²) in [6.45, 7) is 1.30. The smallest absolute Gasteiger partial charge is 0.260 e. The number of anilines is 3. The molecule has 14 nitrogen and oxygen atoms in total. The van der Waals surface area contributed by atoms with E-state index >= 15 is 0 Å². The van der Waals surface area contributed by atoms with Crippen LogP contribution in [0.4, 0.5) is 17.3 Å². The maximum Gasteiger partial charge on any atom is 0.260 e. The molecule has 5 rings (SSSR count). The third-order valence-electron chi connectivity index (χ3n) is 5.66. The molecule has 0 saturated carbocycles. The number of hydrogen-bond acceptors (Lipinski definition) is 11. The first-order valence-electron chi connectivity index (χ1n) is 12.1. The standard InChI is InChI=1S/C22H22N8O6/c1-22(33,21(32)25-12-3-4-14-15(9-12)36-28-19(14)23)18-20(31)29(7-8-35-18)16-5-6-30(27-16)13-10-17(34-2)26-24-11-13/h3-6,9-11,18,33H,7-8H2,1-2H3,(H2,23,28)(H,25,32)/t18-,22?/m0/s1/i2D3. The molecule has 1 fully saturated rings. The first kappa shape index (κ1) is 19.7. The fourth-order valence-corrected chi connectivity index (χ4v) is 3.74. The summed E-state index contributed by atoms with van der Waals surface area (Å²) < 4.78 is 38.3. The number of benzene rings is 1. The molecular formula is C22H22N8O6. The van der Waals surface area contributed by atoms with Crippen molar-refractivity contribution in [2.75, 3.05) is 36.1 Å². The largest absolute Gasteiger partial charge is 0.480 e. The van der Waals surface area contributed by atoms with Crippen LogP contribution in [0.15, 0.2) is 47.2 Å². The van der Waals surface area contributed by atoms with Crippen LogP contribution in [0.2, 0.25) is 0 Å². The lowest BCUT2D eigenvalue weighted by atomic mass is 9.95. The lowest BCUT2D eigenvalue weighted by molar-refractivity contribution is -0.165. The maximum atomic E-state index is 13.3. The number of morpholine rings is 1. The highest BCUT2D eigenvalue weighted by Crippen LogP contribution is 2.27. The highest BCUT2D eigenvalue weighted by molar-refractivity contribution is 6.06. The summed E-state index contributed by atoms with van der Waals surface area (Å²) >= 11 is 0. The molecule has 1 aliphatic rings. The van der Waals surface area contributed by atoms with Crippen LogP contribution < -0.4 is 20.7 Å². The average Bonchev–Trinajstić information content (AvgIpc) is 3.50. The molecule has 36 heavy (non-hydrogen) atoms. The number of hydrogen-bond donors (Lipinski definition) is 3. The van der Waals surface area contributed by atoms with Crippen molar-refractivity contribution in [1.29, 1.82) is 0 Å². The maximum absolute atomic E-state index is 13.3.